The van der Waals surface area contributed by atoms with Crippen LogP contribution in [0.3, 0.4) is 0 Å². The fraction of sp³-hybridized carbons (Fsp3) is 0.438. The zero-order valence-corrected chi connectivity index (χ0v) is 11.9. The topological polar surface area (TPSA) is 51.3 Å². The van der Waals surface area contributed by atoms with Crippen LogP contribution in [0.1, 0.15) is 30.5 Å². The molecule has 0 amide bonds. The Hall–Kier alpha value is -1.97. The molecule has 0 radical (unpaired) electrons. The minimum atomic E-state index is 0.136. The minimum absolute atomic E-state index is 0.136. The second kappa shape index (κ2) is 5.19. The Morgan fingerprint density at radius 2 is 1.70 bits per heavy atom. The minimum Gasteiger partial charge on any atom is -0.493 e. The maximum atomic E-state index is 12.7. The van der Waals surface area contributed by atoms with Crippen molar-refractivity contribution >= 4 is 10.9 Å². The van der Waals surface area contributed by atoms with Crippen LogP contribution in [0.15, 0.2) is 16.9 Å². The van der Waals surface area contributed by atoms with Crippen LogP contribution in [0, 0.1) is 0 Å². The van der Waals surface area contributed by atoms with E-state index in [1.165, 1.54) is 6.42 Å². The molecule has 1 aromatic carbocycles. The number of methoxy groups -OCH3 is 2. The molecule has 1 heterocycles. The summed E-state index contributed by atoms with van der Waals surface area (Å²) < 4.78 is 10.6. The molecular formula is C16H19NO3. The number of aromatic amines is 1. The normalized spacial score (nSPS) is 14.7. The third-order valence-corrected chi connectivity index (χ3v) is 4.05. The van der Waals surface area contributed by atoms with Gasteiger partial charge in [-0.05, 0) is 31.7 Å². The molecule has 1 aliphatic carbocycles. The first kappa shape index (κ1) is 13.0. The summed E-state index contributed by atoms with van der Waals surface area (Å²) in [5.74, 6) is 1.24. The van der Waals surface area contributed by atoms with E-state index in [-0.39, 0.29) is 5.43 Å². The second-order valence-electron chi connectivity index (χ2n) is 5.22. The van der Waals surface area contributed by atoms with E-state index in [0.29, 0.717) is 16.9 Å². The van der Waals surface area contributed by atoms with Crippen LogP contribution < -0.4 is 14.9 Å². The van der Waals surface area contributed by atoms with Crippen LogP contribution in [0.4, 0.5) is 0 Å². The monoisotopic (exact) mass is 273 g/mol. The smallest absolute Gasteiger partial charge is 0.192 e. The van der Waals surface area contributed by atoms with Crippen LogP contribution in [0.2, 0.25) is 0 Å². The molecule has 4 nitrogen and oxygen atoms in total. The third-order valence-electron chi connectivity index (χ3n) is 4.05. The highest BCUT2D eigenvalue weighted by Gasteiger charge is 2.16. The molecule has 1 N–H and O–H groups in total. The lowest BCUT2D eigenvalue weighted by Crippen LogP contribution is -2.14. The number of hydrogen-bond acceptors (Lipinski definition) is 3. The highest BCUT2D eigenvalue weighted by Crippen LogP contribution is 2.31. The summed E-state index contributed by atoms with van der Waals surface area (Å²) in [5, 5.41) is 0.684. The number of aromatic nitrogens is 1. The third kappa shape index (κ3) is 2.05. The predicted molar refractivity (Wildman–Crippen MR) is 78.9 cm³/mol. The largest absolute Gasteiger partial charge is 0.493 e. The van der Waals surface area contributed by atoms with E-state index in [4.69, 9.17) is 9.47 Å². The fourth-order valence-corrected chi connectivity index (χ4v) is 2.97. The number of nitrogens with one attached hydrogen (secondary N) is 1. The van der Waals surface area contributed by atoms with Crippen molar-refractivity contribution in [1.29, 1.82) is 0 Å². The molecular weight excluding hydrogens is 254 g/mol. The van der Waals surface area contributed by atoms with E-state index < -0.39 is 0 Å². The zero-order chi connectivity index (χ0) is 14.1. The summed E-state index contributed by atoms with van der Waals surface area (Å²) in [5.41, 5.74) is 3.00. The molecule has 0 fully saturated rings. The van der Waals surface area contributed by atoms with Crippen LogP contribution in [-0.4, -0.2) is 19.2 Å². The number of fused-ring (bicyclic) bond motifs is 2. The number of hydrogen-bond donors (Lipinski definition) is 1. The van der Waals surface area contributed by atoms with Gasteiger partial charge in [-0.3, -0.25) is 4.79 Å². The van der Waals surface area contributed by atoms with Crippen molar-refractivity contribution in [3.05, 3.63) is 33.6 Å². The van der Waals surface area contributed by atoms with Gasteiger partial charge in [0.1, 0.15) is 0 Å². The van der Waals surface area contributed by atoms with Gasteiger partial charge in [-0.15, -0.1) is 0 Å². The Morgan fingerprint density at radius 1 is 1.00 bits per heavy atom. The quantitative estimate of drug-likeness (QED) is 0.856. The van der Waals surface area contributed by atoms with Gasteiger partial charge < -0.3 is 14.5 Å². The molecule has 1 aliphatic rings. The van der Waals surface area contributed by atoms with Gasteiger partial charge in [0.05, 0.1) is 19.7 Å². The molecule has 0 aliphatic heterocycles. The maximum Gasteiger partial charge on any atom is 0.192 e. The van der Waals surface area contributed by atoms with Crippen molar-refractivity contribution in [1.82, 2.24) is 4.98 Å². The molecule has 0 atom stereocenters. The summed E-state index contributed by atoms with van der Waals surface area (Å²) in [4.78, 5) is 16.1. The maximum absolute atomic E-state index is 12.7. The van der Waals surface area contributed by atoms with Gasteiger partial charge >= 0.3 is 0 Å². The lowest BCUT2D eigenvalue weighted by atomic mass is 10.0. The lowest BCUT2D eigenvalue weighted by molar-refractivity contribution is 0.355. The Morgan fingerprint density at radius 3 is 2.45 bits per heavy atom. The zero-order valence-electron chi connectivity index (χ0n) is 11.9. The summed E-state index contributed by atoms with van der Waals surface area (Å²) in [7, 11) is 3.19. The first-order valence-corrected chi connectivity index (χ1v) is 7.04. The van der Waals surface area contributed by atoms with E-state index in [1.54, 1.807) is 20.3 Å². The van der Waals surface area contributed by atoms with Crippen LogP contribution in [0.25, 0.3) is 10.9 Å². The Bertz CT molecular complexity index is 703. The first-order valence-electron chi connectivity index (χ1n) is 7.04. The Labute approximate surface area is 117 Å². The Kier molecular flexibility index (Phi) is 3.38. The number of H-pyrrole nitrogens is 1. The number of benzene rings is 1. The highest BCUT2D eigenvalue weighted by atomic mass is 16.5. The molecule has 0 spiro atoms. The molecule has 0 unspecified atom stereocenters. The molecule has 0 bridgehead atoms. The van der Waals surface area contributed by atoms with Gasteiger partial charge in [0.2, 0.25) is 0 Å². The van der Waals surface area contributed by atoms with Crippen LogP contribution in [-0.2, 0) is 12.8 Å². The van der Waals surface area contributed by atoms with Crippen molar-refractivity contribution in [3.8, 4) is 11.5 Å². The van der Waals surface area contributed by atoms with Gasteiger partial charge in [0.25, 0.3) is 0 Å². The summed E-state index contributed by atoms with van der Waals surface area (Å²) >= 11 is 0. The molecule has 1 aromatic heterocycles. The van der Waals surface area contributed by atoms with Crippen molar-refractivity contribution in [2.45, 2.75) is 32.1 Å². The molecule has 0 saturated carbocycles. The van der Waals surface area contributed by atoms with E-state index in [9.17, 15) is 4.79 Å². The van der Waals surface area contributed by atoms with E-state index in [2.05, 4.69) is 4.98 Å². The standard InChI is InChI=1S/C16H19NO3/c1-19-14-8-11-13(9-15(14)20-2)17-12-7-5-3-4-6-10(12)16(11)18/h8-9H,3-7H2,1-2H3,(H,17,18). The highest BCUT2D eigenvalue weighted by molar-refractivity contribution is 5.83. The van der Waals surface area contributed by atoms with Gasteiger partial charge in [-0.1, -0.05) is 6.42 Å². The molecule has 4 heteroatoms. The van der Waals surface area contributed by atoms with Gasteiger partial charge in [0.15, 0.2) is 16.9 Å². The number of rotatable bonds is 2. The van der Waals surface area contributed by atoms with Crippen molar-refractivity contribution in [2.75, 3.05) is 14.2 Å². The van der Waals surface area contributed by atoms with Gasteiger partial charge in [0, 0.05) is 22.7 Å². The van der Waals surface area contributed by atoms with Crippen molar-refractivity contribution in [3.63, 3.8) is 0 Å². The number of aryl methyl sites for hydroxylation is 1. The van der Waals surface area contributed by atoms with Crippen molar-refractivity contribution in [2.24, 2.45) is 0 Å². The first-order chi connectivity index (χ1) is 9.74. The second-order valence-corrected chi connectivity index (χ2v) is 5.22. The Balaban J connectivity index is 2.29. The van der Waals surface area contributed by atoms with Gasteiger partial charge in [-0.2, -0.15) is 0 Å². The predicted octanol–water partition coefficient (Wildman–Crippen LogP) is 2.81. The summed E-state index contributed by atoms with van der Waals surface area (Å²) in [6, 6.07) is 3.62. The molecule has 0 saturated heterocycles. The van der Waals surface area contributed by atoms with E-state index >= 15 is 0 Å². The number of pyridine rings is 1. The average Bonchev–Trinajstić information content (AvgIpc) is 2.71. The van der Waals surface area contributed by atoms with E-state index in [1.807, 2.05) is 6.07 Å². The number of ether oxygens (including phenoxy) is 2. The molecule has 2 aromatic rings. The summed E-state index contributed by atoms with van der Waals surface area (Å²) in [6.45, 7) is 0. The fourth-order valence-electron chi connectivity index (χ4n) is 2.97. The molecule has 20 heavy (non-hydrogen) atoms. The molecule has 3 rings (SSSR count). The lowest BCUT2D eigenvalue weighted by Gasteiger charge is -2.12. The van der Waals surface area contributed by atoms with Crippen LogP contribution >= 0.6 is 0 Å². The van der Waals surface area contributed by atoms with Gasteiger partial charge in [-0.25, -0.2) is 0 Å². The van der Waals surface area contributed by atoms with Crippen molar-refractivity contribution < 1.29 is 9.47 Å². The SMILES string of the molecule is COc1cc2[nH]c3c(c(=O)c2cc1OC)CCCCC3. The van der Waals surface area contributed by atoms with Crippen LogP contribution in [0.5, 0.6) is 11.5 Å². The summed E-state index contributed by atoms with van der Waals surface area (Å²) in [6.07, 6.45) is 5.24. The average molecular weight is 273 g/mol. The van der Waals surface area contributed by atoms with E-state index in [0.717, 1.165) is 42.5 Å². The molecule has 106 valence electrons.